The van der Waals surface area contributed by atoms with Gasteiger partial charge in [0.15, 0.2) is 17.5 Å². The van der Waals surface area contributed by atoms with Crippen LogP contribution in [0.3, 0.4) is 0 Å². The molecular formula is C42H39N3. The first-order valence-corrected chi connectivity index (χ1v) is 16.4. The Morgan fingerprint density at radius 2 is 1.16 bits per heavy atom. The molecule has 0 spiro atoms. The van der Waals surface area contributed by atoms with Crippen molar-refractivity contribution >= 4 is 11.6 Å². The molecule has 0 fully saturated rings. The third-order valence-corrected chi connectivity index (χ3v) is 9.62. The third kappa shape index (κ3) is 5.71. The van der Waals surface area contributed by atoms with E-state index in [1.807, 2.05) is 18.2 Å². The summed E-state index contributed by atoms with van der Waals surface area (Å²) in [5.41, 5.74) is 11.0. The molecule has 0 amide bonds. The van der Waals surface area contributed by atoms with Gasteiger partial charge in [-0.1, -0.05) is 135 Å². The second-order valence-electron chi connectivity index (χ2n) is 12.1. The minimum atomic E-state index is -0.0766. The minimum Gasteiger partial charge on any atom is -0.208 e. The summed E-state index contributed by atoms with van der Waals surface area (Å²) in [7, 11) is 0. The van der Waals surface area contributed by atoms with Gasteiger partial charge in [-0.15, -0.1) is 0 Å². The Labute approximate surface area is 267 Å². The summed E-state index contributed by atoms with van der Waals surface area (Å²) >= 11 is 0. The molecule has 2 aliphatic rings. The number of rotatable bonds is 8. The largest absolute Gasteiger partial charge is 0.208 e. The molecule has 0 N–H and O–H groups in total. The smallest absolute Gasteiger partial charge is 0.164 e. The van der Waals surface area contributed by atoms with Crippen molar-refractivity contribution in [1.29, 1.82) is 0 Å². The second-order valence-corrected chi connectivity index (χ2v) is 12.1. The maximum absolute atomic E-state index is 4.96. The molecule has 0 radical (unpaired) electrons. The molecule has 0 aliphatic heterocycles. The molecule has 45 heavy (non-hydrogen) atoms. The maximum Gasteiger partial charge on any atom is 0.164 e. The molecule has 3 nitrogen and oxygen atoms in total. The fourth-order valence-corrected chi connectivity index (χ4v) is 6.89. The van der Waals surface area contributed by atoms with Crippen molar-refractivity contribution in [2.24, 2.45) is 0 Å². The van der Waals surface area contributed by atoms with Crippen LogP contribution in [-0.2, 0) is 11.8 Å². The number of aryl methyl sites for hydroxylation is 1. The predicted octanol–water partition coefficient (Wildman–Crippen LogP) is 10.7. The Balaban J connectivity index is 1.22. The summed E-state index contributed by atoms with van der Waals surface area (Å²) in [6.07, 6.45) is 17.5. The average Bonchev–Trinajstić information content (AvgIpc) is 3.13. The molecule has 5 aromatic rings. The highest BCUT2D eigenvalue weighted by atomic mass is 15.0. The van der Waals surface area contributed by atoms with Gasteiger partial charge in [0.25, 0.3) is 0 Å². The first-order chi connectivity index (χ1) is 22.2. The highest BCUT2D eigenvalue weighted by Crippen LogP contribution is 2.40. The second kappa shape index (κ2) is 12.6. The summed E-state index contributed by atoms with van der Waals surface area (Å²) in [6.45, 7) is 4.61. The van der Waals surface area contributed by atoms with Gasteiger partial charge in [0.05, 0.1) is 0 Å². The SMILES string of the molecule is CCC(CC)(c1ccc(-c2ccc3c(c2)C=CCC3)cc1)c1ccc(-c2nc(C3=CCCC=C3)nc(-c3ccccc3)n2)cc1. The lowest BCUT2D eigenvalue weighted by Crippen LogP contribution is -2.26. The number of hydrogen-bond donors (Lipinski definition) is 0. The lowest BCUT2D eigenvalue weighted by Gasteiger charge is -2.33. The van der Waals surface area contributed by atoms with Crippen molar-refractivity contribution in [2.75, 3.05) is 0 Å². The van der Waals surface area contributed by atoms with Crippen molar-refractivity contribution < 1.29 is 0 Å². The van der Waals surface area contributed by atoms with Crippen LogP contribution in [-0.4, -0.2) is 15.0 Å². The van der Waals surface area contributed by atoms with E-state index in [0.29, 0.717) is 11.6 Å². The van der Waals surface area contributed by atoms with Crippen LogP contribution >= 0.6 is 0 Å². The summed E-state index contributed by atoms with van der Waals surface area (Å²) < 4.78 is 0. The lowest BCUT2D eigenvalue weighted by molar-refractivity contribution is 0.478. The van der Waals surface area contributed by atoms with Crippen LogP contribution < -0.4 is 0 Å². The van der Waals surface area contributed by atoms with Crippen LogP contribution in [0.2, 0.25) is 0 Å². The molecule has 4 aromatic carbocycles. The Hall–Kier alpha value is -4.89. The Morgan fingerprint density at radius 3 is 1.80 bits per heavy atom. The van der Waals surface area contributed by atoms with Gasteiger partial charge >= 0.3 is 0 Å². The van der Waals surface area contributed by atoms with E-state index in [0.717, 1.165) is 61.0 Å². The molecule has 1 aromatic heterocycles. The van der Waals surface area contributed by atoms with Crippen LogP contribution in [0.15, 0.2) is 121 Å². The number of allylic oxidation sites excluding steroid dienone is 5. The third-order valence-electron chi connectivity index (χ3n) is 9.62. The predicted molar refractivity (Wildman–Crippen MR) is 188 cm³/mol. The first-order valence-electron chi connectivity index (χ1n) is 16.4. The average molecular weight is 586 g/mol. The van der Waals surface area contributed by atoms with E-state index in [9.17, 15) is 0 Å². The topological polar surface area (TPSA) is 38.7 Å². The van der Waals surface area contributed by atoms with E-state index in [2.05, 4.69) is 123 Å². The molecule has 2 aliphatic carbocycles. The van der Waals surface area contributed by atoms with Gasteiger partial charge in [-0.25, -0.2) is 15.0 Å². The molecule has 222 valence electrons. The van der Waals surface area contributed by atoms with E-state index in [4.69, 9.17) is 15.0 Å². The van der Waals surface area contributed by atoms with Gasteiger partial charge in [-0.3, -0.25) is 0 Å². The normalized spacial score (nSPS) is 14.2. The van der Waals surface area contributed by atoms with Crippen LogP contribution in [0.1, 0.15) is 74.0 Å². The monoisotopic (exact) mass is 585 g/mol. The number of benzene rings is 4. The zero-order valence-electron chi connectivity index (χ0n) is 26.2. The number of nitrogens with zero attached hydrogens (tertiary/aromatic N) is 3. The van der Waals surface area contributed by atoms with E-state index in [-0.39, 0.29) is 5.41 Å². The molecule has 1 heterocycles. The van der Waals surface area contributed by atoms with Crippen molar-refractivity contribution in [3.05, 3.63) is 149 Å². The molecule has 3 heteroatoms. The van der Waals surface area contributed by atoms with Gasteiger partial charge in [0.2, 0.25) is 0 Å². The summed E-state index contributed by atoms with van der Waals surface area (Å²) in [5, 5.41) is 0. The molecule has 0 atom stereocenters. The minimum absolute atomic E-state index is 0.0766. The zero-order valence-corrected chi connectivity index (χ0v) is 26.2. The van der Waals surface area contributed by atoms with E-state index in [1.54, 1.807) is 0 Å². The van der Waals surface area contributed by atoms with Crippen LogP contribution in [0.5, 0.6) is 0 Å². The Morgan fingerprint density at radius 1 is 0.556 bits per heavy atom. The Kier molecular flexibility index (Phi) is 8.09. The summed E-state index contributed by atoms with van der Waals surface area (Å²) in [5.74, 6) is 2.13. The van der Waals surface area contributed by atoms with E-state index in [1.165, 1.54) is 33.4 Å². The van der Waals surface area contributed by atoms with E-state index < -0.39 is 0 Å². The summed E-state index contributed by atoms with van der Waals surface area (Å²) in [4.78, 5) is 14.8. The number of fused-ring (bicyclic) bond motifs is 1. The fraction of sp³-hybridized carbons (Fsp3) is 0.214. The van der Waals surface area contributed by atoms with Crippen molar-refractivity contribution in [3.63, 3.8) is 0 Å². The molecule has 0 saturated carbocycles. The van der Waals surface area contributed by atoms with Crippen LogP contribution in [0, 0.1) is 0 Å². The van der Waals surface area contributed by atoms with Gasteiger partial charge in [0.1, 0.15) is 0 Å². The van der Waals surface area contributed by atoms with Gasteiger partial charge in [-0.2, -0.15) is 0 Å². The van der Waals surface area contributed by atoms with Gasteiger partial charge in [0, 0.05) is 22.1 Å². The van der Waals surface area contributed by atoms with Gasteiger partial charge in [-0.05, 0) is 78.0 Å². The van der Waals surface area contributed by atoms with E-state index >= 15 is 0 Å². The van der Waals surface area contributed by atoms with Gasteiger partial charge < -0.3 is 0 Å². The van der Waals surface area contributed by atoms with Crippen LogP contribution in [0.25, 0.3) is 45.6 Å². The first kappa shape index (κ1) is 28.9. The van der Waals surface area contributed by atoms with Crippen LogP contribution in [0.4, 0.5) is 0 Å². The van der Waals surface area contributed by atoms with Crippen molar-refractivity contribution in [2.45, 2.75) is 57.8 Å². The molecule has 0 unspecified atom stereocenters. The van der Waals surface area contributed by atoms with Crippen molar-refractivity contribution in [1.82, 2.24) is 15.0 Å². The van der Waals surface area contributed by atoms with Crippen molar-refractivity contribution in [3.8, 4) is 33.9 Å². The highest BCUT2D eigenvalue weighted by Gasteiger charge is 2.30. The molecule has 0 saturated heterocycles. The Bertz CT molecular complexity index is 1890. The fourth-order valence-electron chi connectivity index (χ4n) is 6.89. The highest BCUT2D eigenvalue weighted by molar-refractivity contribution is 5.74. The molecule has 7 rings (SSSR count). The quantitative estimate of drug-likeness (QED) is 0.182. The lowest BCUT2D eigenvalue weighted by atomic mass is 9.70. The maximum atomic E-state index is 4.96. The molecular weight excluding hydrogens is 546 g/mol. The standard InChI is InChI=1S/C42H39N3/c1-3-42(4-2,37-25-21-31(22-26-37)36-20-19-30-13-11-12-18-35(30)29-36)38-27-23-34(24-28-38)41-44-39(32-14-7-5-8-15-32)43-40(45-41)33-16-9-6-10-17-33/h5,7-9,12,14-29H,3-4,6,10-11,13H2,1-2H3. The number of hydrogen-bond acceptors (Lipinski definition) is 3. The number of aromatic nitrogens is 3. The zero-order chi connectivity index (χ0) is 30.6. The summed E-state index contributed by atoms with van der Waals surface area (Å²) in [6, 6.07) is 35.3. The molecule has 0 bridgehead atoms.